The number of carbonyl (C=O) groups is 3. The summed E-state index contributed by atoms with van der Waals surface area (Å²) >= 11 is 9.31. The van der Waals surface area contributed by atoms with Crippen molar-refractivity contribution in [2.24, 2.45) is 17.8 Å². The molecule has 0 spiro atoms. The quantitative estimate of drug-likeness (QED) is 0.0587. The number of phenolic OH excluding ortho intramolecular Hbond substituents is 1. The summed E-state index contributed by atoms with van der Waals surface area (Å²) in [6.45, 7) is 7.54. The monoisotopic (exact) mass is 1300 g/mol. The molecule has 6 aromatic rings. The van der Waals surface area contributed by atoms with E-state index in [1.165, 1.54) is 50.1 Å². The minimum atomic E-state index is -0.709. The molecule has 6 aromatic carbocycles. The van der Waals surface area contributed by atoms with Gasteiger partial charge >= 0.3 is 21.3 Å². The molecule has 0 fully saturated rings. The smallest absolute Gasteiger partial charge is 0.407 e. The van der Waals surface area contributed by atoms with Crippen molar-refractivity contribution in [3.05, 3.63) is 196 Å². The molecule has 0 saturated carbocycles. The van der Waals surface area contributed by atoms with Crippen molar-refractivity contribution in [1.29, 1.82) is 0 Å². The lowest BCUT2D eigenvalue weighted by atomic mass is 9.71. The van der Waals surface area contributed by atoms with E-state index in [9.17, 15) is 24.6 Å². The van der Waals surface area contributed by atoms with Gasteiger partial charge in [-0.2, -0.15) is 0 Å². The zero-order valence-corrected chi connectivity index (χ0v) is 52.1. The molecule has 2 amide bonds. The van der Waals surface area contributed by atoms with E-state index in [-0.39, 0.29) is 46.2 Å². The van der Waals surface area contributed by atoms with Crippen LogP contribution in [0.15, 0.2) is 146 Å². The van der Waals surface area contributed by atoms with Gasteiger partial charge in [0.15, 0.2) is 0 Å². The fourth-order valence-corrected chi connectivity index (χ4v) is 11.3. The minimum absolute atomic E-state index is 0.173. The highest BCUT2D eigenvalue weighted by atomic mass is 79.9. The molecule has 9 rings (SSSR count). The van der Waals surface area contributed by atoms with Gasteiger partial charge in [0.1, 0.15) is 17.2 Å². The number of ether oxygens (including phenoxy) is 4. The lowest BCUT2D eigenvalue weighted by molar-refractivity contribution is -0.138. The summed E-state index contributed by atoms with van der Waals surface area (Å²) < 4.78 is 21.1. The molecule has 3 aliphatic carbocycles. The fourth-order valence-electron chi connectivity index (χ4n) is 11.3. The highest BCUT2D eigenvalue weighted by molar-refractivity contribution is 9.69. The second-order valence-electron chi connectivity index (χ2n) is 20.2. The van der Waals surface area contributed by atoms with E-state index in [4.69, 9.17) is 24.1 Å². The molecular formula is C65H80BBr3N2O10. The van der Waals surface area contributed by atoms with Crippen LogP contribution in [-0.4, -0.2) is 83.8 Å². The number of alkyl carbamates (subject to hydrolysis) is 2. The van der Waals surface area contributed by atoms with Crippen molar-refractivity contribution in [3.8, 4) is 17.2 Å². The number of aliphatic hydroxyl groups excluding tert-OH is 1. The fraction of sp³-hybridized carbons (Fsp3) is 0.400. The van der Waals surface area contributed by atoms with E-state index in [2.05, 4.69) is 131 Å². The number of fused-ring (bicyclic) bond motifs is 3. The van der Waals surface area contributed by atoms with Crippen molar-refractivity contribution in [3.63, 3.8) is 0 Å². The number of benzene rings is 6. The van der Waals surface area contributed by atoms with Crippen LogP contribution >= 0.6 is 47.3 Å². The third kappa shape index (κ3) is 22.1. The Balaban J connectivity index is 0.000000211. The number of rotatable bonds is 16. The third-order valence-electron chi connectivity index (χ3n) is 15.0. The summed E-state index contributed by atoms with van der Waals surface area (Å²) in [5.41, 5.74) is 11.6. The summed E-state index contributed by atoms with van der Waals surface area (Å²) in [7, 11) is 3.38. The number of phenols is 1. The first-order chi connectivity index (χ1) is 39.2. The summed E-state index contributed by atoms with van der Waals surface area (Å²) in [4.78, 5) is 34.7. The first-order valence-corrected chi connectivity index (χ1v) is 30.8. The van der Waals surface area contributed by atoms with E-state index in [1.807, 2.05) is 73.7 Å². The van der Waals surface area contributed by atoms with Crippen LogP contribution in [0.1, 0.15) is 114 Å². The molecule has 81 heavy (non-hydrogen) atoms. The van der Waals surface area contributed by atoms with Gasteiger partial charge in [-0.25, -0.2) is 9.59 Å². The van der Waals surface area contributed by atoms with Crippen LogP contribution in [0.25, 0.3) is 0 Å². The molecule has 6 unspecified atom stereocenters. The van der Waals surface area contributed by atoms with Crippen LogP contribution in [0.3, 0.4) is 0 Å². The number of amides is 2. The Morgan fingerprint density at radius 1 is 0.531 bits per heavy atom. The van der Waals surface area contributed by atoms with E-state index in [0.717, 1.165) is 69.3 Å². The molecule has 3 aliphatic rings. The Labute approximate surface area is 505 Å². The highest BCUT2D eigenvalue weighted by Gasteiger charge is 2.34. The molecule has 0 saturated heterocycles. The molecule has 0 aromatic heterocycles. The molecule has 0 bridgehead atoms. The average Bonchev–Trinajstić information content (AvgIpc) is 3.47. The third-order valence-corrected chi connectivity index (χ3v) is 15.0. The van der Waals surface area contributed by atoms with Crippen molar-refractivity contribution in [2.45, 2.75) is 103 Å². The van der Waals surface area contributed by atoms with Gasteiger partial charge < -0.3 is 44.9 Å². The number of aliphatic carboxylic acids is 1. The van der Waals surface area contributed by atoms with Gasteiger partial charge in [-0.3, -0.25) is 4.79 Å². The van der Waals surface area contributed by atoms with E-state index < -0.39 is 5.97 Å². The van der Waals surface area contributed by atoms with Gasteiger partial charge in [0.25, 0.3) is 0 Å². The summed E-state index contributed by atoms with van der Waals surface area (Å²) in [5.74, 6) is 3.03. The summed E-state index contributed by atoms with van der Waals surface area (Å²) in [6, 6.07) is 49.5. The molecule has 0 aliphatic heterocycles. The Kier molecular flexibility index (Phi) is 29.3. The maximum Gasteiger partial charge on any atom is 0.407 e. The van der Waals surface area contributed by atoms with E-state index in [1.54, 1.807) is 34.1 Å². The number of methoxy groups -OCH3 is 2. The second-order valence-corrected chi connectivity index (χ2v) is 26.6. The SMILES string of the molecule is BrB(Br)Br.CCO.CCOC(=O)NCC1CCc2ccc(O)cc2C1Cc1ccccc1.CCOC(=O)NCC1CCc2ccc(OC)cc2C1Cc1ccccc1.COc1ccc2c(c1)C(Cc1ccccc1)C(CC(=O)O)CC2. The van der Waals surface area contributed by atoms with Gasteiger partial charge in [0.2, 0.25) is 0 Å². The van der Waals surface area contributed by atoms with E-state index in [0.29, 0.717) is 49.8 Å². The average molecular weight is 1300 g/mol. The topological polar surface area (TPSA) is 173 Å². The van der Waals surface area contributed by atoms with Gasteiger partial charge in [-0.1, -0.05) is 109 Å². The maximum absolute atomic E-state index is 11.7. The van der Waals surface area contributed by atoms with Crippen molar-refractivity contribution >= 4 is 68.6 Å². The normalized spacial score (nSPS) is 18.1. The van der Waals surface area contributed by atoms with Gasteiger partial charge in [0.05, 0.1) is 27.4 Å². The maximum atomic E-state index is 11.7. The summed E-state index contributed by atoms with van der Waals surface area (Å²) in [6.07, 6.45) is 8.22. The lowest BCUT2D eigenvalue weighted by Gasteiger charge is -2.34. The highest BCUT2D eigenvalue weighted by Crippen LogP contribution is 2.43. The van der Waals surface area contributed by atoms with Crippen LogP contribution in [-0.2, 0) is 52.8 Å². The number of aliphatic hydroxyl groups is 1. The Hall–Kier alpha value is -5.81. The predicted octanol–water partition coefficient (Wildman–Crippen LogP) is 14.6. The second kappa shape index (κ2) is 35.9. The Bertz CT molecular complexity index is 2810. The number of aryl methyl sites for hydroxylation is 3. The standard InChI is InChI=1S/C22H27NO3.C21H25NO3.C20H22O3.C2H6O.BBr3/c1-3-26-22(24)23-15-18-10-9-17-11-12-19(25-2)14-21(17)20(18)13-16-7-5-4-6-8-16;1-2-25-21(24)22-14-17-9-8-16-10-11-18(23)13-20(16)19(17)12-15-6-4-3-5-7-15;1-23-17-10-9-15-7-8-16(12-20(21)22)18(19(15)13-17)11-14-5-3-2-4-6-14;1-2-3;2-1(3)4/h4-8,11-12,14,18,20H,3,9-10,13,15H2,1-2H3,(H,23,24);3-7,10-11,13,17,19,23H,2,8-9,12,14H2,1H3,(H,22,24);2-6,9-10,13,16,18H,7-8,11-12H2,1H3,(H,21,22);3H,2H2,1H3;. The van der Waals surface area contributed by atoms with E-state index >= 15 is 0 Å². The molecule has 5 N–H and O–H groups in total. The Morgan fingerprint density at radius 2 is 0.864 bits per heavy atom. The van der Waals surface area contributed by atoms with Crippen LogP contribution in [0.4, 0.5) is 9.59 Å². The van der Waals surface area contributed by atoms with Gasteiger partial charge in [0, 0.05) is 26.1 Å². The zero-order valence-electron chi connectivity index (χ0n) is 47.3. The van der Waals surface area contributed by atoms with Crippen molar-refractivity contribution < 1.29 is 48.7 Å². The van der Waals surface area contributed by atoms with Crippen LogP contribution in [0, 0.1) is 17.8 Å². The van der Waals surface area contributed by atoms with Crippen molar-refractivity contribution in [2.75, 3.05) is 47.1 Å². The molecule has 0 heterocycles. The number of carboxylic acids is 1. The number of nitrogens with one attached hydrogen (secondary N) is 2. The number of carboxylic acid groups (broad SMARTS) is 1. The number of hydrogen-bond acceptors (Lipinski definition) is 9. The number of halogens is 3. The van der Waals surface area contributed by atoms with Crippen molar-refractivity contribution in [1.82, 2.24) is 10.6 Å². The molecular weight excluding hydrogens is 1220 g/mol. The first-order valence-electron chi connectivity index (χ1n) is 28.0. The minimum Gasteiger partial charge on any atom is -0.508 e. The van der Waals surface area contributed by atoms with Crippen LogP contribution in [0.2, 0.25) is 0 Å². The predicted molar refractivity (Wildman–Crippen MR) is 336 cm³/mol. The summed E-state index contributed by atoms with van der Waals surface area (Å²) in [5, 5.41) is 32.6. The zero-order chi connectivity index (χ0) is 58.5. The molecule has 0 radical (unpaired) electrons. The molecule has 12 nitrogen and oxygen atoms in total. The van der Waals surface area contributed by atoms with Crippen LogP contribution < -0.4 is 20.1 Å². The molecule has 6 atom stereocenters. The van der Waals surface area contributed by atoms with Crippen LogP contribution in [0.5, 0.6) is 17.2 Å². The molecule has 16 heteroatoms. The largest absolute Gasteiger partial charge is 0.508 e. The molecule has 434 valence electrons. The number of hydrogen-bond donors (Lipinski definition) is 5. The van der Waals surface area contributed by atoms with Gasteiger partial charge in [-0.15, -0.1) is 47.3 Å². The first kappa shape index (κ1) is 66.0. The Morgan fingerprint density at radius 3 is 1.21 bits per heavy atom. The number of aromatic hydroxyl groups is 1. The lowest BCUT2D eigenvalue weighted by Crippen LogP contribution is -2.35. The number of carbonyl (C=O) groups excluding carboxylic acids is 2. The van der Waals surface area contributed by atoms with Gasteiger partial charge in [-0.05, 0) is 201 Å².